The van der Waals surface area contributed by atoms with E-state index >= 15 is 0 Å². The Morgan fingerprint density at radius 3 is 2.45 bits per heavy atom. The molecular weight excluding hydrogens is 519 g/mol. The fourth-order valence-corrected chi connectivity index (χ4v) is 6.70. The summed E-state index contributed by atoms with van der Waals surface area (Å²) in [6.45, 7) is 6.03. The Hall–Kier alpha value is -0.510. The van der Waals surface area contributed by atoms with Gasteiger partial charge in [-0.25, -0.2) is 0 Å². The summed E-state index contributed by atoms with van der Waals surface area (Å²) < 4.78 is 0.459. The second-order valence-electron chi connectivity index (χ2n) is 9.24. The third-order valence-corrected chi connectivity index (χ3v) is 8.50. The standard InChI is InChI=1S/C24H38N4OS.HI/c1-25-23(28-15-16-30-24(19-28)11-3-2-4-12-24)26-17-20-5-7-21(8-6-20)18-27-13-9-22(29)10-14-27;/h5-8,22,29H,2-4,9-19H2,1H3,(H,25,26);1H. The number of guanidine groups is 1. The van der Waals surface area contributed by atoms with Crippen LogP contribution in [0.3, 0.4) is 0 Å². The normalized spacial score (nSPS) is 22.9. The van der Waals surface area contributed by atoms with Gasteiger partial charge in [0.2, 0.25) is 0 Å². The lowest BCUT2D eigenvalue weighted by molar-refractivity contribution is 0.0792. The van der Waals surface area contributed by atoms with Crippen molar-refractivity contribution in [2.24, 2.45) is 4.99 Å². The molecule has 5 nitrogen and oxygen atoms in total. The smallest absolute Gasteiger partial charge is 0.193 e. The third-order valence-electron chi connectivity index (χ3n) is 6.96. The van der Waals surface area contributed by atoms with Crippen molar-refractivity contribution < 1.29 is 5.11 Å². The number of halogens is 1. The van der Waals surface area contributed by atoms with Crippen molar-refractivity contribution in [1.82, 2.24) is 15.1 Å². The summed E-state index contributed by atoms with van der Waals surface area (Å²) in [4.78, 5) is 9.53. The van der Waals surface area contributed by atoms with E-state index in [1.807, 2.05) is 7.05 Å². The average molecular weight is 559 g/mol. The van der Waals surface area contributed by atoms with Gasteiger partial charge in [-0.2, -0.15) is 11.8 Å². The predicted octanol–water partition coefficient (Wildman–Crippen LogP) is 4.09. The topological polar surface area (TPSA) is 51.1 Å². The zero-order valence-corrected chi connectivity index (χ0v) is 22.0. The number of nitrogens with zero attached hydrogens (tertiary/aromatic N) is 3. The molecule has 0 atom stereocenters. The maximum absolute atomic E-state index is 9.67. The highest BCUT2D eigenvalue weighted by Crippen LogP contribution is 2.42. The summed E-state index contributed by atoms with van der Waals surface area (Å²) in [5, 5.41) is 13.3. The van der Waals surface area contributed by atoms with E-state index in [2.05, 4.69) is 56.1 Å². The first-order chi connectivity index (χ1) is 14.7. The van der Waals surface area contributed by atoms with Gasteiger partial charge in [-0.05, 0) is 36.8 Å². The Balaban J connectivity index is 0.00000272. The summed E-state index contributed by atoms with van der Waals surface area (Å²) in [5.41, 5.74) is 2.65. The van der Waals surface area contributed by atoms with Crippen LogP contribution in [0.15, 0.2) is 29.3 Å². The van der Waals surface area contributed by atoms with Crippen LogP contribution >= 0.6 is 35.7 Å². The van der Waals surface area contributed by atoms with Gasteiger partial charge in [0.05, 0.1) is 6.10 Å². The van der Waals surface area contributed by atoms with Crippen molar-refractivity contribution >= 4 is 41.7 Å². The van der Waals surface area contributed by atoms with E-state index in [1.54, 1.807) is 0 Å². The molecule has 31 heavy (non-hydrogen) atoms. The van der Waals surface area contributed by atoms with Gasteiger partial charge >= 0.3 is 0 Å². The minimum atomic E-state index is -0.101. The predicted molar refractivity (Wildman–Crippen MR) is 142 cm³/mol. The molecule has 4 rings (SSSR count). The summed E-state index contributed by atoms with van der Waals surface area (Å²) in [7, 11) is 1.91. The molecule has 3 aliphatic rings. The van der Waals surface area contributed by atoms with Gasteiger partial charge in [0.15, 0.2) is 5.96 Å². The molecule has 1 aromatic carbocycles. The molecule has 2 heterocycles. The SMILES string of the molecule is CN=C(NCc1ccc(CN2CCC(O)CC2)cc1)N1CCSC2(CCCCC2)C1.I. The van der Waals surface area contributed by atoms with E-state index in [4.69, 9.17) is 0 Å². The Bertz CT molecular complexity index is 695. The maximum Gasteiger partial charge on any atom is 0.193 e. The molecule has 174 valence electrons. The van der Waals surface area contributed by atoms with Crippen LogP contribution in [0.1, 0.15) is 56.1 Å². The number of likely N-dealkylation sites (tertiary alicyclic amines) is 1. The Kier molecular flexibility index (Phi) is 9.80. The number of nitrogens with one attached hydrogen (secondary N) is 1. The lowest BCUT2D eigenvalue weighted by atomic mass is 9.87. The maximum atomic E-state index is 9.67. The molecule has 1 aliphatic carbocycles. The molecule has 2 saturated heterocycles. The highest BCUT2D eigenvalue weighted by molar-refractivity contribution is 14.0. The minimum Gasteiger partial charge on any atom is -0.393 e. The molecule has 0 unspecified atom stereocenters. The van der Waals surface area contributed by atoms with Gasteiger partial charge in [0.25, 0.3) is 0 Å². The lowest BCUT2D eigenvalue weighted by Crippen LogP contribution is -2.53. The highest BCUT2D eigenvalue weighted by atomic mass is 127. The van der Waals surface area contributed by atoms with Crippen molar-refractivity contribution in [1.29, 1.82) is 0 Å². The van der Waals surface area contributed by atoms with Crippen LogP contribution in [-0.2, 0) is 13.1 Å². The number of aliphatic hydroxyl groups excluding tert-OH is 1. The van der Waals surface area contributed by atoms with Gasteiger partial charge < -0.3 is 15.3 Å². The van der Waals surface area contributed by atoms with Crippen molar-refractivity contribution in [3.8, 4) is 0 Å². The molecule has 0 amide bonds. The number of rotatable bonds is 4. The van der Waals surface area contributed by atoms with Crippen molar-refractivity contribution in [2.75, 3.05) is 39.0 Å². The first kappa shape index (κ1) is 25.1. The second kappa shape index (κ2) is 12.1. The average Bonchev–Trinajstić information content (AvgIpc) is 2.77. The van der Waals surface area contributed by atoms with Crippen molar-refractivity contribution in [3.63, 3.8) is 0 Å². The van der Waals surface area contributed by atoms with E-state index in [0.29, 0.717) is 4.75 Å². The van der Waals surface area contributed by atoms with Gasteiger partial charge in [-0.15, -0.1) is 24.0 Å². The second-order valence-corrected chi connectivity index (χ2v) is 10.8. The zero-order chi connectivity index (χ0) is 20.8. The Morgan fingerprint density at radius 2 is 1.77 bits per heavy atom. The highest BCUT2D eigenvalue weighted by Gasteiger charge is 2.38. The van der Waals surface area contributed by atoms with Gasteiger partial charge in [-0.3, -0.25) is 9.89 Å². The quantitative estimate of drug-likeness (QED) is 0.332. The summed E-state index contributed by atoms with van der Waals surface area (Å²) in [5.74, 6) is 2.26. The number of aliphatic hydroxyl groups is 1. The number of hydrogen-bond acceptors (Lipinski definition) is 4. The van der Waals surface area contributed by atoms with Crippen LogP contribution in [0.25, 0.3) is 0 Å². The first-order valence-electron chi connectivity index (χ1n) is 11.7. The molecular formula is C24H39IN4OS. The van der Waals surface area contributed by atoms with Crippen LogP contribution in [0.2, 0.25) is 0 Å². The van der Waals surface area contributed by atoms with E-state index in [1.165, 1.54) is 49.0 Å². The van der Waals surface area contributed by atoms with Crippen LogP contribution in [-0.4, -0.2) is 70.7 Å². The number of hydrogen-bond donors (Lipinski definition) is 2. The first-order valence-corrected chi connectivity index (χ1v) is 12.7. The van der Waals surface area contributed by atoms with E-state index in [-0.39, 0.29) is 30.1 Å². The molecule has 3 fully saturated rings. The Labute approximate surface area is 209 Å². The van der Waals surface area contributed by atoms with Crippen molar-refractivity contribution in [3.05, 3.63) is 35.4 Å². The van der Waals surface area contributed by atoms with Crippen molar-refractivity contribution in [2.45, 2.75) is 68.9 Å². The number of thioether (sulfide) groups is 1. The minimum absolute atomic E-state index is 0. The number of aliphatic imine (C=N–C) groups is 1. The largest absolute Gasteiger partial charge is 0.393 e. The van der Waals surface area contributed by atoms with E-state index in [0.717, 1.165) is 58.1 Å². The van der Waals surface area contributed by atoms with Crippen LogP contribution < -0.4 is 5.32 Å². The fraction of sp³-hybridized carbons (Fsp3) is 0.708. The van der Waals surface area contributed by atoms with E-state index in [9.17, 15) is 5.11 Å². The molecule has 1 spiro atoms. The van der Waals surface area contributed by atoms with Crippen LogP contribution in [0.5, 0.6) is 0 Å². The molecule has 0 bridgehead atoms. The van der Waals surface area contributed by atoms with Gasteiger partial charge in [0, 0.05) is 56.8 Å². The van der Waals surface area contributed by atoms with Crippen LogP contribution in [0, 0.1) is 0 Å². The molecule has 0 aromatic heterocycles. The monoisotopic (exact) mass is 558 g/mol. The van der Waals surface area contributed by atoms with E-state index < -0.39 is 0 Å². The van der Waals surface area contributed by atoms with Crippen LogP contribution in [0.4, 0.5) is 0 Å². The number of piperidine rings is 1. The molecule has 0 radical (unpaired) electrons. The summed E-state index contributed by atoms with van der Waals surface area (Å²) in [6, 6.07) is 8.98. The third kappa shape index (κ3) is 6.98. The van der Waals surface area contributed by atoms with Gasteiger partial charge in [0.1, 0.15) is 0 Å². The molecule has 1 aromatic rings. The molecule has 7 heteroatoms. The van der Waals surface area contributed by atoms with Gasteiger partial charge in [-0.1, -0.05) is 43.5 Å². The molecule has 1 saturated carbocycles. The fourth-order valence-electron chi connectivity index (χ4n) is 5.14. The summed E-state index contributed by atoms with van der Waals surface area (Å²) in [6.07, 6.45) is 8.61. The zero-order valence-electron chi connectivity index (χ0n) is 18.9. The number of benzene rings is 1. The molecule has 2 aliphatic heterocycles. The lowest BCUT2D eigenvalue weighted by Gasteiger charge is -2.45. The Morgan fingerprint density at radius 1 is 1.10 bits per heavy atom. The molecule has 2 N–H and O–H groups in total. The summed E-state index contributed by atoms with van der Waals surface area (Å²) >= 11 is 2.21.